The smallest absolute Gasteiger partial charge is 0.321 e. The van der Waals surface area contributed by atoms with Crippen molar-refractivity contribution in [2.45, 2.75) is 0 Å². The van der Waals surface area contributed by atoms with Crippen molar-refractivity contribution in [2.24, 2.45) is 0 Å². The molecule has 0 atom stereocenters. The summed E-state index contributed by atoms with van der Waals surface area (Å²) in [6.45, 7) is -1.18. The molecule has 0 unspecified atom stereocenters. The largest absolute Gasteiger partial charge is 0.456 e. The zero-order chi connectivity index (χ0) is 19.0. The van der Waals surface area contributed by atoms with Crippen molar-refractivity contribution in [3.63, 3.8) is 0 Å². The van der Waals surface area contributed by atoms with Crippen LogP contribution in [0.1, 0.15) is 15.9 Å². The van der Waals surface area contributed by atoms with Gasteiger partial charge in [0, 0.05) is 11.0 Å². The highest BCUT2D eigenvalue weighted by atomic mass is 32.2. The van der Waals surface area contributed by atoms with Crippen molar-refractivity contribution < 1.29 is 27.1 Å². The van der Waals surface area contributed by atoms with Crippen molar-refractivity contribution in [1.29, 1.82) is 0 Å². The van der Waals surface area contributed by atoms with Crippen molar-refractivity contribution in [3.05, 3.63) is 76.9 Å². The number of sulfonamides is 1. The first-order valence-electron chi connectivity index (χ1n) is 7.53. The molecule has 0 aromatic heterocycles. The highest BCUT2D eigenvalue weighted by Gasteiger charge is 2.13. The Morgan fingerprint density at radius 3 is 2.35 bits per heavy atom. The number of halogens is 1. The van der Waals surface area contributed by atoms with E-state index in [1.165, 1.54) is 18.2 Å². The predicted octanol–water partition coefficient (Wildman–Crippen LogP) is 2.14. The van der Waals surface area contributed by atoms with Gasteiger partial charge in [-0.2, -0.15) is 0 Å². The van der Waals surface area contributed by atoms with Crippen molar-refractivity contribution >= 4 is 27.9 Å². The average molecular weight is 377 g/mol. The topological polar surface area (TPSA) is 89.5 Å². The summed E-state index contributed by atoms with van der Waals surface area (Å²) >= 11 is 0. The molecule has 0 aliphatic rings. The van der Waals surface area contributed by atoms with E-state index < -0.39 is 40.7 Å². The standard InChI is InChI=1S/C18H16FNO5S/c19-16-8-6-15(7-9-16)17(21)13-25-18(22)12-20-26(23,24)11-10-14-4-2-1-3-5-14/h1-11,20H,12-13H2/b11-10+. The van der Waals surface area contributed by atoms with E-state index in [1.807, 2.05) is 4.72 Å². The Kier molecular flexibility index (Phi) is 6.76. The summed E-state index contributed by atoms with van der Waals surface area (Å²) in [6, 6.07) is 13.5. The monoisotopic (exact) mass is 377 g/mol. The molecule has 1 N–H and O–H groups in total. The molecular weight excluding hydrogens is 361 g/mol. The van der Waals surface area contributed by atoms with E-state index in [9.17, 15) is 22.4 Å². The van der Waals surface area contributed by atoms with E-state index in [-0.39, 0.29) is 5.56 Å². The Bertz CT molecular complexity index is 893. The van der Waals surface area contributed by atoms with Gasteiger partial charge in [0.1, 0.15) is 12.4 Å². The molecule has 8 heteroatoms. The number of nitrogens with one attached hydrogen (secondary N) is 1. The second kappa shape index (κ2) is 9.02. The molecule has 26 heavy (non-hydrogen) atoms. The molecule has 0 spiro atoms. The van der Waals surface area contributed by atoms with Crippen LogP contribution in [0.2, 0.25) is 0 Å². The summed E-state index contributed by atoms with van der Waals surface area (Å²) in [4.78, 5) is 23.3. The predicted molar refractivity (Wildman–Crippen MR) is 94.1 cm³/mol. The van der Waals surface area contributed by atoms with E-state index in [1.54, 1.807) is 30.3 Å². The number of ketones is 1. The third-order valence-corrected chi connectivity index (χ3v) is 4.23. The van der Waals surface area contributed by atoms with Gasteiger partial charge in [0.2, 0.25) is 10.0 Å². The lowest BCUT2D eigenvalue weighted by molar-refractivity contribution is -0.141. The summed E-state index contributed by atoms with van der Waals surface area (Å²) in [7, 11) is -3.83. The summed E-state index contributed by atoms with van der Waals surface area (Å²) in [5.41, 5.74) is 0.871. The Balaban J connectivity index is 1.79. The average Bonchev–Trinajstić information content (AvgIpc) is 2.64. The molecule has 0 saturated carbocycles. The minimum absolute atomic E-state index is 0.186. The molecule has 0 heterocycles. The highest BCUT2D eigenvalue weighted by Crippen LogP contribution is 2.04. The first-order valence-corrected chi connectivity index (χ1v) is 9.07. The number of esters is 1. The van der Waals surface area contributed by atoms with Crippen LogP contribution in [0.3, 0.4) is 0 Å². The number of Topliss-reactive ketones (excluding diaryl/α,β-unsaturated/α-hetero) is 1. The minimum atomic E-state index is -3.83. The molecule has 2 aromatic rings. The lowest BCUT2D eigenvalue weighted by Gasteiger charge is -2.05. The minimum Gasteiger partial charge on any atom is -0.456 e. The van der Waals surface area contributed by atoms with E-state index in [0.29, 0.717) is 5.56 Å². The fourth-order valence-corrected chi connectivity index (χ4v) is 2.61. The van der Waals surface area contributed by atoms with Gasteiger partial charge in [-0.15, -0.1) is 0 Å². The van der Waals surface area contributed by atoms with E-state index in [0.717, 1.165) is 17.5 Å². The number of rotatable bonds is 8. The molecule has 0 saturated heterocycles. The fraction of sp³-hybridized carbons (Fsp3) is 0.111. The molecule has 0 amide bonds. The molecule has 6 nitrogen and oxygen atoms in total. The Morgan fingerprint density at radius 1 is 1.04 bits per heavy atom. The molecule has 0 aliphatic heterocycles. The maximum Gasteiger partial charge on any atom is 0.321 e. The molecule has 2 rings (SSSR count). The van der Waals surface area contributed by atoms with Gasteiger partial charge >= 0.3 is 5.97 Å². The van der Waals surface area contributed by atoms with Gasteiger partial charge in [-0.25, -0.2) is 17.5 Å². The lowest BCUT2D eigenvalue weighted by Crippen LogP contribution is -2.30. The maximum atomic E-state index is 12.8. The summed E-state index contributed by atoms with van der Waals surface area (Å²) in [5.74, 6) is -1.92. The van der Waals surface area contributed by atoms with Crippen molar-refractivity contribution in [2.75, 3.05) is 13.2 Å². The summed E-state index contributed by atoms with van der Waals surface area (Å²) in [6.07, 6.45) is 1.38. The van der Waals surface area contributed by atoms with Crippen LogP contribution in [-0.2, 0) is 19.6 Å². The number of carbonyl (C=O) groups is 2. The molecule has 136 valence electrons. The zero-order valence-electron chi connectivity index (χ0n) is 13.6. The van der Waals surface area contributed by atoms with Crippen LogP contribution < -0.4 is 4.72 Å². The van der Waals surface area contributed by atoms with E-state index >= 15 is 0 Å². The van der Waals surface area contributed by atoms with Crippen LogP contribution in [0.5, 0.6) is 0 Å². The van der Waals surface area contributed by atoms with Crippen LogP contribution in [0.4, 0.5) is 4.39 Å². The number of benzene rings is 2. The summed E-state index contributed by atoms with van der Waals surface area (Å²) < 4.78 is 43.1. The van der Waals surface area contributed by atoms with Gasteiger partial charge in [0.05, 0.1) is 0 Å². The number of carbonyl (C=O) groups excluding carboxylic acids is 2. The van der Waals surface area contributed by atoms with Gasteiger partial charge in [-0.1, -0.05) is 30.3 Å². The van der Waals surface area contributed by atoms with Crippen LogP contribution in [-0.4, -0.2) is 33.3 Å². The molecule has 0 fully saturated rings. The number of hydrogen-bond donors (Lipinski definition) is 1. The zero-order valence-corrected chi connectivity index (χ0v) is 14.4. The van der Waals surface area contributed by atoms with Crippen LogP contribution in [0.15, 0.2) is 60.0 Å². The SMILES string of the molecule is O=C(CNS(=O)(=O)/C=C/c1ccccc1)OCC(=O)c1ccc(F)cc1. The highest BCUT2D eigenvalue weighted by molar-refractivity contribution is 7.92. The molecule has 0 radical (unpaired) electrons. The van der Waals surface area contributed by atoms with Gasteiger partial charge < -0.3 is 4.74 Å². The van der Waals surface area contributed by atoms with Crippen molar-refractivity contribution in [3.8, 4) is 0 Å². The molecule has 0 bridgehead atoms. The molecule has 2 aromatic carbocycles. The van der Waals surface area contributed by atoms with Gasteiger partial charge in [0.15, 0.2) is 12.4 Å². The first kappa shape index (κ1) is 19.5. The fourth-order valence-electron chi connectivity index (χ4n) is 1.86. The lowest BCUT2D eigenvalue weighted by atomic mass is 10.1. The third kappa shape index (κ3) is 6.58. The number of ether oxygens (including phenoxy) is 1. The van der Waals surface area contributed by atoms with Gasteiger partial charge in [-0.05, 0) is 35.9 Å². The molecule has 0 aliphatic carbocycles. The van der Waals surface area contributed by atoms with Gasteiger partial charge in [0.25, 0.3) is 0 Å². The van der Waals surface area contributed by atoms with Crippen molar-refractivity contribution in [1.82, 2.24) is 4.72 Å². The maximum absolute atomic E-state index is 12.8. The van der Waals surface area contributed by atoms with Crippen LogP contribution >= 0.6 is 0 Å². The Labute approximate surface area is 150 Å². The number of hydrogen-bond acceptors (Lipinski definition) is 5. The molecular formula is C18H16FNO5S. The second-order valence-corrected chi connectivity index (χ2v) is 6.82. The summed E-state index contributed by atoms with van der Waals surface area (Å²) in [5, 5.41) is 0.930. The van der Waals surface area contributed by atoms with Crippen LogP contribution in [0.25, 0.3) is 6.08 Å². The normalized spacial score (nSPS) is 11.4. The Morgan fingerprint density at radius 2 is 1.69 bits per heavy atom. The van der Waals surface area contributed by atoms with Crippen LogP contribution in [0, 0.1) is 5.82 Å². The Hall–Kier alpha value is -2.84. The quantitative estimate of drug-likeness (QED) is 0.562. The van der Waals surface area contributed by atoms with E-state index in [2.05, 4.69) is 0 Å². The first-order chi connectivity index (χ1) is 12.4. The second-order valence-electron chi connectivity index (χ2n) is 5.17. The van der Waals surface area contributed by atoms with Gasteiger partial charge in [-0.3, -0.25) is 9.59 Å². The van der Waals surface area contributed by atoms with E-state index in [4.69, 9.17) is 4.74 Å². The third-order valence-electron chi connectivity index (χ3n) is 3.19.